The van der Waals surface area contributed by atoms with Crippen LogP contribution in [-0.2, 0) is 6.54 Å². The molecular formula is C17H15N5O. The monoisotopic (exact) mass is 305 g/mol. The van der Waals surface area contributed by atoms with E-state index in [-0.39, 0.29) is 0 Å². The molecule has 6 nitrogen and oxygen atoms in total. The van der Waals surface area contributed by atoms with Gasteiger partial charge in [0, 0.05) is 11.9 Å². The topological polar surface area (TPSA) is 75.7 Å². The summed E-state index contributed by atoms with van der Waals surface area (Å²) >= 11 is 0. The highest BCUT2D eigenvalue weighted by molar-refractivity contribution is 5.90. The molecule has 6 heteroatoms. The van der Waals surface area contributed by atoms with Crippen molar-refractivity contribution in [2.24, 2.45) is 0 Å². The third kappa shape index (κ3) is 2.55. The summed E-state index contributed by atoms with van der Waals surface area (Å²) in [6.07, 6.45) is 3.27. The molecule has 2 aromatic carbocycles. The fourth-order valence-corrected chi connectivity index (χ4v) is 2.58. The number of methoxy groups -OCH3 is 1. The standard InChI is InChI=1S/C17H15N5O/c1-23-12-3-5-14-13(7-12)17(22-10-19-14)18-8-11-2-4-15-16(6-11)21-9-20-15/h2-7,9-10H,8H2,1H3,(H,20,21)(H,18,19,22). The third-order valence-electron chi connectivity index (χ3n) is 3.79. The van der Waals surface area contributed by atoms with Crippen LogP contribution in [0.3, 0.4) is 0 Å². The van der Waals surface area contributed by atoms with Crippen LogP contribution in [-0.4, -0.2) is 27.0 Å². The second-order valence-electron chi connectivity index (χ2n) is 5.21. The average molecular weight is 305 g/mol. The zero-order chi connectivity index (χ0) is 15.6. The summed E-state index contributed by atoms with van der Waals surface area (Å²) in [6, 6.07) is 11.9. The van der Waals surface area contributed by atoms with Crippen LogP contribution in [0, 0.1) is 0 Å². The Kier molecular flexibility index (Phi) is 3.27. The van der Waals surface area contributed by atoms with Crippen molar-refractivity contribution in [3.63, 3.8) is 0 Å². The van der Waals surface area contributed by atoms with E-state index < -0.39 is 0 Å². The molecule has 0 aliphatic rings. The maximum atomic E-state index is 5.28. The molecule has 23 heavy (non-hydrogen) atoms. The molecule has 0 atom stereocenters. The van der Waals surface area contributed by atoms with Crippen molar-refractivity contribution in [1.82, 2.24) is 19.9 Å². The summed E-state index contributed by atoms with van der Waals surface area (Å²) < 4.78 is 5.28. The maximum absolute atomic E-state index is 5.28. The zero-order valence-corrected chi connectivity index (χ0v) is 12.6. The highest BCUT2D eigenvalue weighted by Gasteiger charge is 2.06. The normalized spacial score (nSPS) is 11.0. The lowest BCUT2D eigenvalue weighted by atomic mass is 10.2. The first kappa shape index (κ1) is 13.5. The van der Waals surface area contributed by atoms with Gasteiger partial charge in [-0.05, 0) is 35.9 Å². The first-order valence-electron chi connectivity index (χ1n) is 7.28. The van der Waals surface area contributed by atoms with E-state index in [0.29, 0.717) is 6.54 Å². The quantitative estimate of drug-likeness (QED) is 0.606. The van der Waals surface area contributed by atoms with Crippen LogP contribution >= 0.6 is 0 Å². The molecule has 0 fully saturated rings. The molecule has 2 N–H and O–H groups in total. The Morgan fingerprint density at radius 3 is 2.87 bits per heavy atom. The van der Waals surface area contributed by atoms with E-state index in [2.05, 4.69) is 37.4 Å². The molecular weight excluding hydrogens is 290 g/mol. The van der Waals surface area contributed by atoms with Gasteiger partial charge in [-0.15, -0.1) is 0 Å². The Morgan fingerprint density at radius 1 is 1.04 bits per heavy atom. The number of benzene rings is 2. The van der Waals surface area contributed by atoms with E-state index in [0.717, 1.165) is 39.1 Å². The van der Waals surface area contributed by atoms with E-state index in [1.807, 2.05) is 24.3 Å². The summed E-state index contributed by atoms with van der Waals surface area (Å²) in [5, 5.41) is 4.31. The van der Waals surface area contributed by atoms with Gasteiger partial charge in [-0.1, -0.05) is 6.07 Å². The fourth-order valence-electron chi connectivity index (χ4n) is 2.58. The zero-order valence-electron chi connectivity index (χ0n) is 12.6. The minimum Gasteiger partial charge on any atom is -0.497 e. The number of imidazole rings is 1. The number of nitrogens with zero attached hydrogens (tertiary/aromatic N) is 3. The third-order valence-corrected chi connectivity index (χ3v) is 3.79. The summed E-state index contributed by atoms with van der Waals surface area (Å²) in [4.78, 5) is 16.0. The van der Waals surface area contributed by atoms with Gasteiger partial charge in [0.05, 0.1) is 30.0 Å². The van der Waals surface area contributed by atoms with Gasteiger partial charge in [0.1, 0.15) is 17.9 Å². The Labute approximate surface area is 132 Å². The van der Waals surface area contributed by atoms with Crippen LogP contribution in [0.15, 0.2) is 49.1 Å². The van der Waals surface area contributed by atoms with E-state index in [9.17, 15) is 0 Å². The van der Waals surface area contributed by atoms with Crippen molar-refractivity contribution in [3.8, 4) is 5.75 Å². The lowest BCUT2D eigenvalue weighted by Crippen LogP contribution is -2.02. The van der Waals surface area contributed by atoms with Gasteiger partial charge in [-0.2, -0.15) is 0 Å². The Hall–Kier alpha value is -3.15. The van der Waals surface area contributed by atoms with E-state index in [1.54, 1.807) is 19.8 Å². The Balaban J connectivity index is 1.64. The molecule has 0 saturated carbocycles. The molecule has 0 aliphatic heterocycles. The molecule has 0 bridgehead atoms. The second kappa shape index (κ2) is 5.57. The minimum absolute atomic E-state index is 0.665. The van der Waals surface area contributed by atoms with Crippen LogP contribution in [0.2, 0.25) is 0 Å². The van der Waals surface area contributed by atoms with Crippen molar-refractivity contribution in [2.75, 3.05) is 12.4 Å². The number of H-pyrrole nitrogens is 1. The van der Waals surface area contributed by atoms with E-state index in [4.69, 9.17) is 4.74 Å². The van der Waals surface area contributed by atoms with Gasteiger partial charge in [-0.3, -0.25) is 0 Å². The van der Waals surface area contributed by atoms with E-state index >= 15 is 0 Å². The number of anilines is 1. The smallest absolute Gasteiger partial charge is 0.137 e. The molecule has 4 aromatic rings. The molecule has 0 saturated heterocycles. The summed E-state index contributed by atoms with van der Waals surface area (Å²) in [5.74, 6) is 1.58. The molecule has 4 rings (SSSR count). The number of nitrogens with one attached hydrogen (secondary N) is 2. The van der Waals surface area contributed by atoms with Gasteiger partial charge in [0.15, 0.2) is 0 Å². The number of ether oxygens (including phenoxy) is 1. The number of hydrogen-bond acceptors (Lipinski definition) is 5. The van der Waals surface area contributed by atoms with Crippen molar-refractivity contribution >= 4 is 27.8 Å². The summed E-state index contributed by atoms with van der Waals surface area (Å²) in [5.41, 5.74) is 4.02. The molecule has 0 spiro atoms. The average Bonchev–Trinajstić information content (AvgIpc) is 3.07. The largest absolute Gasteiger partial charge is 0.497 e. The van der Waals surface area contributed by atoms with Crippen LogP contribution in [0.1, 0.15) is 5.56 Å². The molecule has 0 unspecified atom stereocenters. The van der Waals surface area contributed by atoms with Crippen molar-refractivity contribution < 1.29 is 4.74 Å². The highest BCUT2D eigenvalue weighted by Crippen LogP contribution is 2.24. The minimum atomic E-state index is 0.665. The first-order valence-corrected chi connectivity index (χ1v) is 7.28. The number of aromatic nitrogens is 4. The number of aromatic amines is 1. The van der Waals surface area contributed by atoms with Gasteiger partial charge < -0.3 is 15.0 Å². The molecule has 2 aromatic heterocycles. The van der Waals surface area contributed by atoms with Crippen LogP contribution < -0.4 is 10.1 Å². The van der Waals surface area contributed by atoms with Gasteiger partial charge >= 0.3 is 0 Å². The predicted molar refractivity (Wildman–Crippen MR) is 89.5 cm³/mol. The molecule has 114 valence electrons. The molecule has 0 amide bonds. The predicted octanol–water partition coefficient (Wildman–Crippen LogP) is 3.13. The second-order valence-corrected chi connectivity index (χ2v) is 5.21. The van der Waals surface area contributed by atoms with E-state index in [1.165, 1.54) is 0 Å². The van der Waals surface area contributed by atoms with Crippen molar-refractivity contribution in [3.05, 3.63) is 54.6 Å². The number of hydrogen-bond donors (Lipinski definition) is 2. The van der Waals surface area contributed by atoms with Crippen LogP contribution in [0.25, 0.3) is 21.9 Å². The lowest BCUT2D eigenvalue weighted by molar-refractivity contribution is 0.415. The lowest BCUT2D eigenvalue weighted by Gasteiger charge is -2.09. The highest BCUT2D eigenvalue weighted by atomic mass is 16.5. The summed E-state index contributed by atoms with van der Waals surface area (Å²) in [6.45, 7) is 0.665. The number of rotatable bonds is 4. The first-order chi connectivity index (χ1) is 11.3. The van der Waals surface area contributed by atoms with Gasteiger partial charge in [-0.25, -0.2) is 15.0 Å². The maximum Gasteiger partial charge on any atom is 0.137 e. The molecule has 0 radical (unpaired) electrons. The Bertz CT molecular complexity index is 979. The van der Waals surface area contributed by atoms with Gasteiger partial charge in [0.2, 0.25) is 0 Å². The summed E-state index contributed by atoms with van der Waals surface area (Å²) in [7, 11) is 1.65. The van der Waals surface area contributed by atoms with Crippen LogP contribution in [0.5, 0.6) is 5.75 Å². The van der Waals surface area contributed by atoms with Gasteiger partial charge in [0.25, 0.3) is 0 Å². The van der Waals surface area contributed by atoms with Crippen molar-refractivity contribution in [1.29, 1.82) is 0 Å². The molecule has 2 heterocycles. The Morgan fingerprint density at radius 2 is 1.96 bits per heavy atom. The SMILES string of the molecule is COc1ccc2ncnc(NCc3ccc4nc[nH]c4c3)c2c1. The molecule has 0 aliphatic carbocycles. The van der Waals surface area contributed by atoms with Crippen LogP contribution in [0.4, 0.5) is 5.82 Å². The van der Waals surface area contributed by atoms with Crippen molar-refractivity contribution in [2.45, 2.75) is 6.54 Å². The fraction of sp³-hybridized carbons (Fsp3) is 0.118. The number of fused-ring (bicyclic) bond motifs is 2.